The summed E-state index contributed by atoms with van der Waals surface area (Å²) in [5.41, 5.74) is 0.309. The third-order valence-electron chi connectivity index (χ3n) is 5.15. The summed E-state index contributed by atoms with van der Waals surface area (Å²) >= 11 is 1.65. The molecule has 162 valence electrons. The van der Waals surface area contributed by atoms with Crippen molar-refractivity contribution in [1.29, 1.82) is 0 Å². The first kappa shape index (κ1) is 22.7. The first-order valence-electron chi connectivity index (χ1n) is 10.1. The molecule has 0 spiro atoms. The van der Waals surface area contributed by atoms with Crippen molar-refractivity contribution in [3.05, 3.63) is 54.1 Å². The number of carbonyl (C=O) groups excluding carboxylic acids is 1. The van der Waals surface area contributed by atoms with Gasteiger partial charge in [0.1, 0.15) is 10.6 Å². The van der Waals surface area contributed by atoms with Gasteiger partial charge in [-0.05, 0) is 50.1 Å². The number of carbonyl (C=O) groups is 1. The van der Waals surface area contributed by atoms with Crippen molar-refractivity contribution >= 4 is 27.7 Å². The van der Waals surface area contributed by atoms with Crippen molar-refractivity contribution < 1.29 is 17.9 Å². The lowest BCUT2D eigenvalue weighted by Gasteiger charge is -2.32. The second kappa shape index (κ2) is 10.3. The van der Waals surface area contributed by atoms with Crippen LogP contribution >= 0.6 is 11.8 Å². The number of methoxy groups -OCH3 is 1. The average molecular weight is 449 g/mol. The molecular formula is C22H28N2O4S2. The third-order valence-corrected chi connectivity index (χ3v) is 8.20. The molecule has 1 unspecified atom stereocenters. The molecule has 1 fully saturated rings. The Labute approximate surface area is 183 Å². The highest BCUT2D eigenvalue weighted by molar-refractivity contribution is 7.99. The highest BCUT2D eigenvalue weighted by Gasteiger charge is 2.33. The zero-order valence-electron chi connectivity index (χ0n) is 17.3. The minimum absolute atomic E-state index is 0.0464. The number of rotatable bonds is 8. The van der Waals surface area contributed by atoms with Crippen LogP contribution in [0.4, 0.5) is 0 Å². The monoisotopic (exact) mass is 448 g/mol. The number of hydrogen-bond acceptors (Lipinski definition) is 5. The lowest BCUT2D eigenvalue weighted by molar-refractivity contribution is 0.0956. The molecule has 3 rings (SSSR count). The van der Waals surface area contributed by atoms with Gasteiger partial charge in [0.05, 0.1) is 7.11 Å². The summed E-state index contributed by atoms with van der Waals surface area (Å²) in [4.78, 5) is 13.8. The van der Waals surface area contributed by atoms with Crippen LogP contribution in [0.2, 0.25) is 0 Å². The van der Waals surface area contributed by atoms with Gasteiger partial charge in [-0.1, -0.05) is 24.6 Å². The summed E-state index contributed by atoms with van der Waals surface area (Å²) < 4.78 is 33.4. The highest BCUT2D eigenvalue weighted by Crippen LogP contribution is 2.31. The maximum Gasteiger partial charge on any atom is 0.251 e. The number of nitrogens with zero attached hydrogens (tertiary/aromatic N) is 1. The van der Waals surface area contributed by atoms with Crippen LogP contribution in [0.3, 0.4) is 0 Å². The van der Waals surface area contributed by atoms with Gasteiger partial charge in [-0.15, -0.1) is 11.8 Å². The SMILES string of the molecule is COc1ccc(C(=O)NCCSc2ccccc2)cc1S(=O)(=O)N1CCCCC1C. The first-order valence-corrected chi connectivity index (χ1v) is 12.5. The van der Waals surface area contributed by atoms with Gasteiger partial charge in [0.2, 0.25) is 10.0 Å². The van der Waals surface area contributed by atoms with E-state index in [-0.39, 0.29) is 22.6 Å². The molecule has 1 amide bonds. The van der Waals surface area contributed by atoms with Crippen LogP contribution in [0.1, 0.15) is 36.5 Å². The summed E-state index contributed by atoms with van der Waals surface area (Å²) in [6, 6.07) is 14.5. The topological polar surface area (TPSA) is 75.7 Å². The van der Waals surface area contributed by atoms with Crippen LogP contribution in [0, 0.1) is 0 Å². The summed E-state index contributed by atoms with van der Waals surface area (Å²) in [5.74, 6) is 0.681. The molecule has 1 saturated heterocycles. The fraction of sp³-hybridized carbons (Fsp3) is 0.409. The van der Waals surface area contributed by atoms with E-state index in [9.17, 15) is 13.2 Å². The molecule has 8 heteroatoms. The highest BCUT2D eigenvalue weighted by atomic mass is 32.2. The summed E-state index contributed by atoms with van der Waals surface area (Å²) in [5, 5.41) is 2.86. The van der Waals surface area contributed by atoms with E-state index in [0.717, 1.165) is 29.9 Å². The Hall–Kier alpha value is -2.03. The molecule has 6 nitrogen and oxygen atoms in total. The predicted molar refractivity (Wildman–Crippen MR) is 120 cm³/mol. The second-order valence-corrected chi connectivity index (χ2v) is 10.3. The molecule has 1 aliphatic heterocycles. The van der Waals surface area contributed by atoms with Crippen molar-refractivity contribution in [2.45, 2.75) is 42.0 Å². The molecular weight excluding hydrogens is 420 g/mol. The Morgan fingerprint density at radius 2 is 1.97 bits per heavy atom. The molecule has 0 aromatic heterocycles. The summed E-state index contributed by atoms with van der Waals surface area (Å²) in [6.45, 7) is 2.89. The maximum atomic E-state index is 13.3. The lowest BCUT2D eigenvalue weighted by Crippen LogP contribution is -2.42. The van der Waals surface area contributed by atoms with Gasteiger partial charge in [0, 0.05) is 35.3 Å². The zero-order chi connectivity index (χ0) is 21.6. The van der Waals surface area contributed by atoms with E-state index in [1.165, 1.54) is 17.5 Å². The maximum absolute atomic E-state index is 13.3. The van der Waals surface area contributed by atoms with Gasteiger partial charge in [0.25, 0.3) is 5.91 Å². The number of ether oxygens (including phenoxy) is 1. The van der Waals surface area contributed by atoms with E-state index in [2.05, 4.69) is 5.32 Å². The number of nitrogens with one attached hydrogen (secondary N) is 1. The molecule has 0 aliphatic carbocycles. The molecule has 30 heavy (non-hydrogen) atoms. The fourth-order valence-electron chi connectivity index (χ4n) is 3.53. The smallest absolute Gasteiger partial charge is 0.251 e. The number of hydrogen-bond donors (Lipinski definition) is 1. The number of thioether (sulfide) groups is 1. The molecule has 1 aliphatic rings. The van der Waals surface area contributed by atoms with Crippen molar-refractivity contribution in [3.8, 4) is 5.75 Å². The van der Waals surface area contributed by atoms with Crippen molar-refractivity contribution in [2.24, 2.45) is 0 Å². The minimum Gasteiger partial charge on any atom is -0.495 e. The second-order valence-electron chi connectivity index (χ2n) is 7.24. The van der Waals surface area contributed by atoms with Gasteiger partial charge in [-0.25, -0.2) is 8.42 Å². The van der Waals surface area contributed by atoms with Crippen LogP contribution in [-0.2, 0) is 10.0 Å². The number of benzene rings is 2. The average Bonchev–Trinajstić information content (AvgIpc) is 2.77. The van der Waals surface area contributed by atoms with E-state index < -0.39 is 10.0 Å². The number of amides is 1. The van der Waals surface area contributed by atoms with Gasteiger partial charge >= 0.3 is 0 Å². The van der Waals surface area contributed by atoms with Gasteiger partial charge < -0.3 is 10.1 Å². The van der Waals surface area contributed by atoms with Crippen molar-refractivity contribution in [1.82, 2.24) is 9.62 Å². The Bertz CT molecular complexity index is 964. The number of piperidine rings is 1. The quantitative estimate of drug-likeness (QED) is 0.491. The Morgan fingerprint density at radius 3 is 2.67 bits per heavy atom. The Morgan fingerprint density at radius 1 is 1.20 bits per heavy atom. The standard InChI is InChI=1S/C22H28N2O4S2/c1-17-8-6-7-14-24(17)30(26,27)21-16-18(11-12-20(21)28-2)22(25)23-13-15-29-19-9-4-3-5-10-19/h3-5,9-12,16-17H,6-8,13-15H2,1-2H3,(H,23,25). The Kier molecular flexibility index (Phi) is 7.80. The predicted octanol–water partition coefficient (Wildman–Crippen LogP) is 3.78. The summed E-state index contributed by atoms with van der Waals surface area (Å²) in [7, 11) is -2.31. The van der Waals surface area contributed by atoms with Crippen LogP contribution in [-0.4, -0.2) is 50.6 Å². The lowest BCUT2D eigenvalue weighted by atomic mass is 10.1. The Balaban J connectivity index is 1.71. The minimum atomic E-state index is -3.75. The summed E-state index contributed by atoms with van der Waals surface area (Å²) in [6.07, 6.45) is 2.69. The first-order chi connectivity index (χ1) is 14.4. The zero-order valence-corrected chi connectivity index (χ0v) is 19.0. The molecule has 2 aromatic rings. The molecule has 2 aromatic carbocycles. The fourth-order valence-corrected chi connectivity index (χ4v) is 6.20. The van der Waals surface area contributed by atoms with Gasteiger partial charge in [0.15, 0.2) is 0 Å². The normalized spacial score (nSPS) is 17.5. The molecule has 0 saturated carbocycles. The van der Waals surface area contributed by atoms with Crippen molar-refractivity contribution in [2.75, 3.05) is 26.0 Å². The molecule has 1 N–H and O–H groups in total. The van der Waals surface area contributed by atoms with Crippen LogP contribution in [0.25, 0.3) is 0 Å². The molecule has 0 bridgehead atoms. The van der Waals surface area contributed by atoms with Crippen LogP contribution < -0.4 is 10.1 Å². The number of sulfonamides is 1. The van der Waals surface area contributed by atoms with E-state index in [4.69, 9.17) is 4.74 Å². The van der Waals surface area contributed by atoms with E-state index in [0.29, 0.717) is 18.7 Å². The van der Waals surface area contributed by atoms with Crippen molar-refractivity contribution in [3.63, 3.8) is 0 Å². The molecule has 0 radical (unpaired) electrons. The van der Waals surface area contributed by atoms with E-state index in [1.54, 1.807) is 23.9 Å². The van der Waals surface area contributed by atoms with Gasteiger partial charge in [-0.2, -0.15) is 4.31 Å². The molecule has 1 atom stereocenters. The van der Waals surface area contributed by atoms with Gasteiger partial charge in [-0.3, -0.25) is 4.79 Å². The largest absolute Gasteiger partial charge is 0.495 e. The van der Waals surface area contributed by atoms with Crippen LogP contribution in [0.5, 0.6) is 5.75 Å². The molecule has 1 heterocycles. The third kappa shape index (κ3) is 5.36. The van der Waals surface area contributed by atoms with E-state index in [1.807, 2.05) is 37.3 Å². The van der Waals surface area contributed by atoms with E-state index >= 15 is 0 Å². The van der Waals surface area contributed by atoms with Crippen LogP contribution in [0.15, 0.2) is 58.3 Å².